The number of carbonyl (C=O) groups is 2. The summed E-state index contributed by atoms with van der Waals surface area (Å²) in [4.78, 5) is 28.3. The number of amides is 2. The van der Waals surface area contributed by atoms with Crippen molar-refractivity contribution < 1.29 is 9.59 Å². The van der Waals surface area contributed by atoms with Gasteiger partial charge in [0, 0.05) is 23.0 Å². The molecule has 1 N–H and O–H groups in total. The number of carbonyl (C=O) groups excluding carboxylic acids is 2. The topological polar surface area (TPSA) is 49.4 Å². The predicted octanol–water partition coefficient (Wildman–Crippen LogP) is 4.48. The van der Waals surface area contributed by atoms with Crippen LogP contribution in [0.15, 0.2) is 28.7 Å². The van der Waals surface area contributed by atoms with Crippen LogP contribution in [0, 0.1) is 17.8 Å². The van der Waals surface area contributed by atoms with Crippen LogP contribution in [0.1, 0.15) is 63.9 Å². The normalized spacial score (nSPS) is 30.6. The molecule has 3 aliphatic rings. The van der Waals surface area contributed by atoms with E-state index in [2.05, 4.69) is 47.2 Å². The van der Waals surface area contributed by atoms with E-state index in [9.17, 15) is 9.59 Å². The molecule has 4 nitrogen and oxygen atoms in total. The van der Waals surface area contributed by atoms with Crippen molar-refractivity contribution in [2.24, 2.45) is 17.8 Å². The molecule has 1 saturated heterocycles. The third-order valence-corrected chi connectivity index (χ3v) is 7.28. The molecule has 28 heavy (non-hydrogen) atoms. The minimum absolute atomic E-state index is 0.0333. The lowest BCUT2D eigenvalue weighted by molar-refractivity contribution is -0.147. The summed E-state index contributed by atoms with van der Waals surface area (Å²) >= 11 is 3.48. The fourth-order valence-corrected chi connectivity index (χ4v) is 5.38. The van der Waals surface area contributed by atoms with Gasteiger partial charge >= 0.3 is 0 Å². The lowest BCUT2D eigenvalue weighted by Gasteiger charge is -2.42. The molecule has 1 aliphatic heterocycles. The summed E-state index contributed by atoms with van der Waals surface area (Å²) in [7, 11) is 0. The summed E-state index contributed by atoms with van der Waals surface area (Å²) in [5.41, 5.74) is 1.23. The van der Waals surface area contributed by atoms with E-state index >= 15 is 0 Å². The first-order chi connectivity index (χ1) is 13.4. The molecule has 0 bridgehead atoms. The number of rotatable bonds is 5. The Hall–Kier alpha value is -1.36. The quantitative estimate of drug-likeness (QED) is 0.724. The minimum atomic E-state index is -0.309. The van der Waals surface area contributed by atoms with E-state index in [1.807, 2.05) is 17.0 Å². The van der Waals surface area contributed by atoms with E-state index in [1.54, 1.807) is 0 Å². The fraction of sp³-hybridized carbons (Fsp3) is 0.652. The molecule has 0 spiro atoms. The second-order valence-corrected chi connectivity index (χ2v) is 10.2. The number of halogens is 1. The first-order valence-electron chi connectivity index (χ1n) is 10.8. The number of piperazine rings is 1. The van der Waals surface area contributed by atoms with E-state index in [-0.39, 0.29) is 29.8 Å². The molecular formula is C23H31BrN2O2. The SMILES string of the molecule is CC(C)C[C@H]1C(=O)N[C@@H](C2CCCC2)CN1C(=O)[C@@H]1C[C@H]1c1ccc(Br)cc1. The highest BCUT2D eigenvalue weighted by molar-refractivity contribution is 9.10. The lowest BCUT2D eigenvalue weighted by Crippen LogP contribution is -2.63. The second-order valence-electron chi connectivity index (χ2n) is 9.30. The predicted molar refractivity (Wildman–Crippen MR) is 114 cm³/mol. The van der Waals surface area contributed by atoms with E-state index in [1.165, 1.54) is 31.2 Å². The third-order valence-electron chi connectivity index (χ3n) is 6.75. The monoisotopic (exact) mass is 446 g/mol. The van der Waals surface area contributed by atoms with Crippen LogP contribution >= 0.6 is 15.9 Å². The van der Waals surface area contributed by atoms with Crippen LogP contribution in [0.25, 0.3) is 0 Å². The molecule has 4 rings (SSSR count). The van der Waals surface area contributed by atoms with E-state index < -0.39 is 0 Å². The number of hydrogen-bond acceptors (Lipinski definition) is 2. The second kappa shape index (κ2) is 8.17. The summed E-state index contributed by atoms with van der Waals surface area (Å²) in [6, 6.07) is 8.13. The standard InChI is InChI=1S/C23H31BrN2O2/c1-14(2)11-21-22(27)25-20(16-5-3-4-6-16)13-26(21)23(28)19-12-18(19)15-7-9-17(24)10-8-15/h7-10,14,16,18-21H,3-6,11-13H2,1-2H3,(H,25,27)/t18-,19+,20+,21-/m0/s1. The van der Waals surface area contributed by atoms with Gasteiger partial charge in [0.1, 0.15) is 6.04 Å². The van der Waals surface area contributed by atoms with E-state index in [4.69, 9.17) is 0 Å². The maximum atomic E-state index is 13.4. The smallest absolute Gasteiger partial charge is 0.243 e. The molecule has 2 amide bonds. The van der Waals surface area contributed by atoms with Gasteiger partial charge in [-0.15, -0.1) is 0 Å². The van der Waals surface area contributed by atoms with Crippen molar-refractivity contribution in [3.63, 3.8) is 0 Å². The molecule has 3 fully saturated rings. The van der Waals surface area contributed by atoms with Crippen LogP contribution in [0.4, 0.5) is 0 Å². The first kappa shape index (κ1) is 19.9. The highest BCUT2D eigenvalue weighted by atomic mass is 79.9. The van der Waals surface area contributed by atoms with Gasteiger partial charge in [-0.05, 0) is 61.1 Å². The molecule has 0 unspecified atom stereocenters. The molecule has 1 aromatic carbocycles. The van der Waals surface area contributed by atoms with Crippen molar-refractivity contribution in [2.45, 2.75) is 70.4 Å². The fourth-order valence-electron chi connectivity index (χ4n) is 5.12. The zero-order valence-electron chi connectivity index (χ0n) is 16.9. The number of nitrogens with zero attached hydrogens (tertiary/aromatic N) is 1. The van der Waals surface area contributed by atoms with Gasteiger partial charge in [0.2, 0.25) is 11.8 Å². The van der Waals surface area contributed by atoms with Gasteiger partial charge in [0.15, 0.2) is 0 Å². The minimum Gasteiger partial charge on any atom is -0.350 e. The zero-order valence-corrected chi connectivity index (χ0v) is 18.5. The molecule has 152 valence electrons. The summed E-state index contributed by atoms with van der Waals surface area (Å²) in [5.74, 6) is 1.50. The molecule has 0 radical (unpaired) electrons. The zero-order chi connectivity index (χ0) is 19.8. The summed E-state index contributed by atoms with van der Waals surface area (Å²) in [5, 5.41) is 3.27. The van der Waals surface area contributed by atoms with Crippen LogP contribution in [-0.4, -0.2) is 35.3 Å². The van der Waals surface area contributed by atoms with Crippen molar-refractivity contribution in [1.29, 1.82) is 0 Å². The first-order valence-corrected chi connectivity index (χ1v) is 11.6. The van der Waals surface area contributed by atoms with Gasteiger partial charge < -0.3 is 10.2 Å². The van der Waals surface area contributed by atoms with Crippen LogP contribution in [-0.2, 0) is 9.59 Å². The highest BCUT2D eigenvalue weighted by Crippen LogP contribution is 2.49. The van der Waals surface area contributed by atoms with Crippen molar-refractivity contribution in [3.8, 4) is 0 Å². The van der Waals surface area contributed by atoms with Gasteiger partial charge in [-0.1, -0.05) is 54.8 Å². The van der Waals surface area contributed by atoms with Crippen molar-refractivity contribution in [2.75, 3.05) is 6.54 Å². The average molecular weight is 447 g/mol. The van der Waals surface area contributed by atoms with Crippen LogP contribution in [0.3, 0.4) is 0 Å². The molecule has 1 aromatic rings. The van der Waals surface area contributed by atoms with Gasteiger partial charge in [-0.3, -0.25) is 9.59 Å². The Kier molecular flexibility index (Phi) is 5.82. The van der Waals surface area contributed by atoms with Crippen molar-refractivity contribution in [3.05, 3.63) is 34.3 Å². The molecule has 4 atom stereocenters. The Morgan fingerprint density at radius 3 is 2.54 bits per heavy atom. The summed E-state index contributed by atoms with van der Waals surface area (Å²) in [6.45, 7) is 4.94. The Morgan fingerprint density at radius 1 is 1.21 bits per heavy atom. The van der Waals surface area contributed by atoms with Gasteiger partial charge in [0.25, 0.3) is 0 Å². The van der Waals surface area contributed by atoms with Gasteiger partial charge in [-0.25, -0.2) is 0 Å². The largest absolute Gasteiger partial charge is 0.350 e. The molecule has 1 heterocycles. The Labute approximate surface area is 176 Å². The van der Waals surface area contributed by atoms with Crippen LogP contribution < -0.4 is 5.32 Å². The van der Waals surface area contributed by atoms with Gasteiger partial charge in [-0.2, -0.15) is 0 Å². The van der Waals surface area contributed by atoms with E-state index in [0.29, 0.717) is 24.3 Å². The molecule has 5 heteroatoms. The lowest BCUT2D eigenvalue weighted by atomic mass is 9.91. The average Bonchev–Trinajstić information content (AvgIpc) is 3.26. The van der Waals surface area contributed by atoms with Gasteiger partial charge in [0.05, 0.1) is 0 Å². The number of nitrogens with one attached hydrogen (secondary N) is 1. The molecular weight excluding hydrogens is 416 g/mol. The summed E-state index contributed by atoms with van der Waals surface area (Å²) in [6.07, 6.45) is 6.48. The molecule has 0 aromatic heterocycles. The van der Waals surface area contributed by atoms with E-state index in [0.717, 1.165) is 17.3 Å². The van der Waals surface area contributed by atoms with Crippen LogP contribution in [0.5, 0.6) is 0 Å². The Bertz CT molecular complexity index is 727. The maximum absolute atomic E-state index is 13.4. The Balaban J connectivity index is 1.50. The summed E-state index contributed by atoms with van der Waals surface area (Å²) < 4.78 is 1.06. The maximum Gasteiger partial charge on any atom is 0.243 e. The molecule has 2 aliphatic carbocycles. The molecule has 2 saturated carbocycles. The van der Waals surface area contributed by atoms with Crippen LogP contribution in [0.2, 0.25) is 0 Å². The third kappa shape index (κ3) is 4.14. The Morgan fingerprint density at radius 2 is 1.89 bits per heavy atom. The highest BCUT2D eigenvalue weighted by Gasteiger charge is 2.50. The number of benzene rings is 1. The number of hydrogen-bond donors (Lipinski definition) is 1. The van der Waals surface area contributed by atoms with Crippen molar-refractivity contribution >= 4 is 27.7 Å². The van der Waals surface area contributed by atoms with Crippen molar-refractivity contribution in [1.82, 2.24) is 10.2 Å².